The van der Waals surface area contributed by atoms with Gasteiger partial charge in [0, 0.05) is 52.9 Å². The van der Waals surface area contributed by atoms with E-state index in [4.69, 9.17) is 4.74 Å². The van der Waals surface area contributed by atoms with Crippen molar-refractivity contribution >= 4 is 33.0 Å². The molecule has 0 aromatic heterocycles. The molecule has 2 aliphatic rings. The molecule has 198 valence electrons. The van der Waals surface area contributed by atoms with Crippen LogP contribution < -0.4 is 10.0 Å². The third kappa shape index (κ3) is 4.98. The maximum absolute atomic E-state index is 13.3. The first-order chi connectivity index (χ1) is 18.2. The van der Waals surface area contributed by atoms with Gasteiger partial charge in [0.2, 0.25) is 0 Å². The summed E-state index contributed by atoms with van der Waals surface area (Å²) >= 11 is 0. The fourth-order valence-electron chi connectivity index (χ4n) is 5.31. The first kappa shape index (κ1) is 26.1. The van der Waals surface area contributed by atoms with Gasteiger partial charge in [0.15, 0.2) is 11.6 Å². The summed E-state index contributed by atoms with van der Waals surface area (Å²) in [6.45, 7) is 6.14. The van der Waals surface area contributed by atoms with Crippen LogP contribution in [0.5, 0.6) is 0 Å². The summed E-state index contributed by atoms with van der Waals surface area (Å²) in [5.74, 6) is 0.130. The van der Waals surface area contributed by atoms with E-state index in [1.807, 2.05) is 38.1 Å². The highest BCUT2D eigenvalue weighted by Gasteiger charge is 2.42. The number of carbonyl (C=O) groups is 2. The Bertz CT molecular complexity index is 1480. The number of hydrogen-bond acceptors (Lipinski definition) is 6. The SMILES string of the molecule is CCC(=O)c1cccc(NS(=O)(=O)c2ccc3c(c2)[C@H]2OCC[C@H]2C(c2ccc(C(=O)C(C)C)cc2)N3)c1. The molecule has 0 spiro atoms. The van der Waals surface area contributed by atoms with E-state index in [9.17, 15) is 18.0 Å². The van der Waals surface area contributed by atoms with Gasteiger partial charge < -0.3 is 10.1 Å². The number of sulfonamides is 1. The van der Waals surface area contributed by atoms with Gasteiger partial charge in [0.05, 0.1) is 17.0 Å². The third-order valence-electron chi connectivity index (χ3n) is 7.35. The molecule has 0 radical (unpaired) electrons. The van der Waals surface area contributed by atoms with Gasteiger partial charge in [-0.3, -0.25) is 14.3 Å². The summed E-state index contributed by atoms with van der Waals surface area (Å²) in [6.07, 6.45) is 0.938. The van der Waals surface area contributed by atoms with Crippen LogP contribution in [0, 0.1) is 11.8 Å². The Kier molecular flexibility index (Phi) is 7.11. The predicted octanol–water partition coefficient (Wildman–Crippen LogP) is 6.16. The molecule has 0 aliphatic carbocycles. The Labute approximate surface area is 223 Å². The molecule has 3 aromatic rings. The van der Waals surface area contributed by atoms with Gasteiger partial charge in [-0.2, -0.15) is 0 Å². The lowest BCUT2D eigenvalue weighted by molar-refractivity contribution is 0.0827. The molecule has 1 unspecified atom stereocenters. The van der Waals surface area contributed by atoms with Gasteiger partial charge in [0.25, 0.3) is 10.0 Å². The van der Waals surface area contributed by atoms with Crippen LogP contribution in [-0.2, 0) is 14.8 Å². The second kappa shape index (κ2) is 10.3. The molecular formula is C30H32N2O5S. The molecule has 8 heteroatoms. The molecule has 38 heavy (non-hydrogen) atoms. The summed E-state index contributed by atoms with van der Waals surface area (Å²) in [7, 11) is -3.89. The predicted molar refractivity (Wildman–Crippen MR) is 147 cm³/mol. The molecule has 2 aliphatic heterocycles. The van der Waals surface area contributed by atoms with Crippen LogP contribution in [0.2, 0.25) is 0 Å². The maximum atomic E-state index is 13.3. The lowest BCUT2D eigenvalue weighted by Gasteiger charge is -2.36. The fourth-order valence-corrected chi connectivity index (χ4v) is 6.39. The van der Waals surface area contributed by atoms with Gasteiger partial charge in [-0.15, -0.1) is 0 Å². The van der Waals surface area contributed by atoms with Gasteiger partial charge >= 0.3 is 0 Å². The molecule has 7 nitrogen and oxygen atoms in total. The van der Waals surface area contributed by atoms with Gasteiger partial charge in [-0.05, 0) is 42.3 Å². The van der Waals surface area contributed by atoms with Gasteiger partial charge in [-0.1, -0.05) is 57.2 Å². The first-order valence-electron chi connectivity index (χ1n) is 13.0. The standard InChI is InChI=1S/C30H32N2O5S/c1-4-27(33)21-6-5-7-22(16-21)32-38(35,36)23-12-13-26-25(17-23)30-24(14-15-37-30)28(31-26)19-8-10-20(11-9-19)29(34)18(2)3/h5-13,16-18,24,28,30-32H,4,14-15H2,1-3H3/t24-,28?,30-/m0/s1. The smallest absolute Gasteiger partial charge is 0.261 e. The van der Waals surface area contributed by atoms with Crippen molar-refractivity contribution in [2.75, 3.05) is 16.6 Å². The number of nitrogens with one attached hydrogen (secondary N) is 2. The highest BCUT2D eigenvalue weighted by molar-refractivity contribution is 7.92. The molecule has 3 aromatic carbocycles. The van der Waals surface area contributed by atoms with Crippen molar-refractivity contribution in [3.63, 3.8) is 0 Å². The van der Waals surface area contributed by atoms with E-state index in [0.29, 0.717) is 29.8 Å². The van der Waals surface area contributed by atoms with Gasteiger partial charge in [0.1, 0.15) is 0 Å². The molecule has 0 amide bonds. The minimum atomic E-state index is -3.89. The van der Waals surface area contributed by atoms with Crippen molar-refractivity contribution in [2.24, 2.45) is 11.8 Å². The maximum Gasteiger partial charge on any atom is 0.261 e. The van der Waals surface area contributed by atoms with Crippen molar-refractivity contribution in [2.45, 2.75) is 50.7 Å². The monoisotopic (exact) mass is 532 g/mol. The van der Waals surface area contributed by atoms with E-state index in [-0.39, 0.29) is 40.4 Å². The average molecular weight is 533 g/mol. The number of ketones is 2. The van der Waals surface area contributed by atoms with Crippen LogP contribution in [0.3, 0.4) is 0 Å². The molecule has 0 saturated carbocycles. The summed E-state index contributed by atoms with van der Waals surface area (Å²) in [5, 5.41) is 3.59. The molecular weight excluding hydrogens is 500 g/mol. The molecule has 3 atom stereocenters. The van der Waals surface area contributed by atoms with Crippen molar-refractivity contribution < 1.29 is 22.7 Å². The Morgan fingerprint density at radius 1 is 1.03 bits per heavy atom. The molecule has 1 fully saturated rings. The van der Waals surface area contributed by atoms with E-state index >= 15 is 0 Å². The first-order valence-corrected chi connectivity index (χ1v) is 14.5. The number of carbonyl (C=O) groups excluding carboxylic acids is 2. The largest absolute Gasteiger partial charge is 0.378 e. The number of anilines is 2. The van der Waals surface area contributed by atoms with E-state index in [1.165, 1.54) is 0 Å². The van der Waals surface area contributed by atoms with E-state index < -0.39 is 10.0 Å². The van der Waals surface area contributed by atoms with E-state index in [2.05, 4.69) is 10.0 Å². The zero-order valence-corrected chi connectivity index (χ0v) is 22.5. The van der Waals surface area contributed by atoms with Crippen molar-refractivity contribution in [1.29, 1.82) is 0 Å². The number of fused-ring (bicyclic) bond motifs is 3. The highest BCUT2D eigenvalue weighted by Crippen LogP contribution is 2.50. The summed E-state index contributed by atoms with van der Waals surface area (Å²) in [4.78, 5) is 24.6. The van der Waals surface area contributed by atoms with Crippen LogP contribution in [0.4, 0.5) is 11.4 Å². The summed E-state index contributed by atoms with van der Waals surface area (Å²) in [6, 6.07) is 19.3. The number of ether oxygens (including phenoxy) is 1. The van der Waals surface area contributed by atoms with Crippen LogP contribution in [0.1, 0.15) is 77.6 Å². The number of benzene rings is 3. The lowest BCUT2D eigenvalue weighted by Crippen LogP contribution is -2.29. The minimum Gasteiger partial charge on any atom is -0.378 e. The van der Waals surface area contributed by atoms with Crippen LogP contribution in [0.25, 0.3) is 0 Å². The molecule has 5 rings (SSSR count). The quantitative estimate of drug-likeness (QED) is 0.337. The number of hydrogen-bond donors (Lipinski definition) is 2. The van der Waals surface area contributed by atoms with Crippen molar-refractivity contribution in [3.8, 4) is 0 Å². The van der Waals surface area contributed by atoms with Gasteiger partial charge in [-0.25, -0.2) is 8.42 Å². The summed E-state index contributed by atoms with van der Waals surface area (Å²) < 4.78 is 35.3. The lowest BCUT2D eigenvalue weighted by atomic mass is 9.81. The molecule has 2 heterocycles. The molecule has 2 N–H and O–H groups in total. The Morgan fingerprint density at radius 2 is 1.79 bits per heavy atom. The van der Waals surface area contributed by atoms with E-state index in [0.717, 1.165) is 23.2 Å². The van der Waals surface area contributed by atoms with Crippen LogP contribution in [0.15, 0.2) is 71.6 Å². The highest BCUT2D eigenvalue weighted by atomic mass is 32.2. The second-order valence-electron chi connectivity index (χ2n) is 10.2. The molecule has 0 bridgehead atoms. The fraction of sp³-hybridized carbons (Fsp3) is 0.333. The van der Waals surface area contributed by atoms with Crippen molar-refractivity contribution in [1.82, 2.24) is 0 Å². The summed E-state index contributed by atoms with van der Waals surface area (Å²) in [5.41, 5.74) is 4.22. The average Bonchev–Trinajstić information content (AvgIpc) is 3.42. The molecule has 1 saturated heterocycles. The second-order valence-corrected chi connectivity index (χ2v) is 11.9. The van der Waals surface area contributed by atoms with E-state index in [1.54, 1.807) is 49.4 Å². The third-order valence-corrected chi connectivity index (χ3v) is 8.73. The normalized spacial score (nSPS) is 20.4. The number of rotatable bonds is 8. The topological polar surface area (TPSA) is 102 Å². The van der Waals surface area contributed by atoms with Crippen LogP contribution >= 0.6 is 0 Å². The minimum absolute atomic E-state index is 0.0161. The Hall–Kier alpha value is -3.49. The number of Topliss-reactive ketones (excluding diaryl/α,β-unsaturated/α-hetero) is 2. The Balaban J connectivity index is 1.41. The zero-order valence-electron chi connectivity index (χ0n) is 21.7. The van der Waals surface area contributed by atoms with Crippen molar-refractivity contribution in [3.05, 3.63) is 89.0 Å². The van der Waals surface area contributed by atoms with Crippen LogP contribution in [-0.4, -0.2) is 26.6 Å². The Morgan fingerprint density at radius 3 is 2.50 bits per heavy atom. The zero-order chi connectivity index (χ0) is 27.0.